The number of carbonyl (C=O) groups excluding carboxylic acids is 2. The first kappa shape index (κ1) is 18.4. The van der Waals surface area contributed by atoms with E-state index in [2.05, 4.69) is 0 Å². The van der Waals surface area contributed by atoms with Crippen molar-refractivity contribution in [2.75, 3.05) is 24.7 Å². The number of nitrogens with zero attached hydrogens (tertiary/aromatic N) is 1. The van der Waals surface area contributed by atoms with E-state index in [4.69, 9.17) is 9.15 Å². The van der Waals surface area contributed by atoms with Crippen molar-refractivity contribution in [3.63, 3.8) is 0 Å². The predicted octanol–water partition coefficient (Wildman–Crippen LogP) is 1.93. The molecule has 0 unspecified atom stereocenters. The lowest BCUT2D eigenvalue weighted by Gasteiger charge is -2.26. The van der Waals surface area contributed by atoms with Crippen molar-refractivity contribution < 1.29 is 27.2 Å². The molecule has 1 saturated heterocycles. The van der Waals surface area contributed by atoms with E-state index in [1.165, 1.54) is 4.90 Å². The standard InChI is InChI=1S/C18H21NO6S/c1-3-19(13-8-9-26(22,23)11-13)16(20)10-24-18(21)17-12(2)14-6-4-5-7-15(14)25-17/h4-7,13H,3,8-11H2,1-2H3/t13-/m1/s1. The highest BCUT2D eigenvalue weighted by Crippen LogP contribution is 2.25. The van der Waals surface area contributed by atoms with Crippen LogP contribution in [0.1, 0.15) is 29.5 Å². The summed E-state index contributed by atoms with van der Waals surface area (Å²) in [5.74, 6) is -0.993. The summed E-state index contributed by atoms with van der Waals surface area (Å²) in [5, 5.41) is 0.817. The minimum absolute atomic E-state index is 0.0385. The summed E-state index contributed by atoms with van der Waals surface area (Å²) in [6.45, 7) is 3.44. The van der Waals surface area contributed by atoms with Crippen LogP contribution in [0.3, 0.4) is 0 Å². The second-order valence-electron chi connectivity index (χ2n) is 6.37. The fourth-order valence-electron chi connectivity index (χ4n) is 3.30. The Kier molecular flexibility index (Phi) is 5.04. The monoisotopic (exact) mass is 379 g/mol. The number of hydrogen-bond donors (Lipinski definition) is 0. The smallest absolute Gasteiger partial charge is 0.375 e. The lowest BCUT2D eigenvalue weighted by Crippen LogP contribution is -2.43. The van der Waals surface area contributed by atoms with Crippen LogP contribution < -0.4 is 0 Å². The number of hydrogen-bond acceptors (Lipinski definition) is 6. The summed E-state index contributed by atoms with van der Waals surface area (Å²) < 4.78 is 33.9. The molecule has 1 aromatic heterocycles. The average Bonchev–Trinajstić information content (AvgIpc) is 3.13. The van der Waals surface area contributed by atoms with Crippen LogP contribution in [0, 0.1) is 6.92 Å². The molecule has 0 aliphatic carbocycles. The van der Waals surface area contributed by atoms with Gasteiger partial charge in [0.2, 0.25) is 5.76 Å². The number of fused-ring (bicyclic) bond motifs is 1. The number of ether oxygens (including phenoxy) is 1. The van der Waals surface area contributed by atoms with E-state index in [0.29, 0.717) is 24.1 Å². The normalized spacial score (nSPS) is 18.8. The Bertz CT molecular complexity index is 946. The Morgan fingerprint density at radius 2 is 2.04 bits per heavy atom. The third-order valence-electron chi connectivity index (χ3n) is 4.67. The van der Waals surface area contributed by atoms with E-state index in [9.17, 15) is 18.0 Å². The molecule has 1 aliphatic heterocycles. The summed E-state index contributed by atoms with van der Waals surface area (Å²) in [4.78, 5) is 26.1. The second-order valence-corrected chi connectivity index (χ2v) is 8.59. The topological polar surface area (TPSA) is 93.9 Å². The number of benzene rings is 1. The number of carbonyl (C=O) groups is 2. The first-order chi connectivity index (χ1) is 12.3. The predicted molar refractivity (Wildman–Crippen MR) is 95.7 cm³/mol. The van der Waals surface area contributed by atoms with E-state index in [1.54, 1.807) is 26.0 Å². The van der Waals surface area contributed by atoms with Crippen molar-refractivity contribution in [2.24, 2.45) is 0 Å². The molecule has 2 aromatic rings. The summed E-state index contributed by atoms with van der Waals surface area (Å²) in [7, 11) is -3.10. The molecular weight excluding hydrogens is 358 g/mol. The van der Waals surface area contributed by atoms with Gasteiger partial charge >= 0.3 is 5.97 Å². The van der Waals surface area contributed by atoms with E-state index in [-0.39, 0.29) is 23.3 Å². The summed E-state index contributed by atoms with van der Waals surface area (Å²) in [6, 6.07) is 6.89. The molecule has 1 fully saturated rings. The van der Waals surface area contributed by atoms with Gasteiger partial charge in [0.05, 0.1) is 11.5 Å². The highest BCUT2D eigenvalue weighted by Gasteiger charge is 2.34. The molecular formula is C18H21NO6S. The molecule has 7 nitrogen and oxygen atoms in total. The van der Waals surface area contributed by atoms with Gasteiger partial charge < -0.3 is 14.1 Å². The zero-order chi connectivity index (χ0) is 18.9. The molecule has 0 radical (unpaired) electrons. The number of rotatable bonds is 5. The van der Waals surface area contributed by atoms with Gasteiger partial charge in [0.15, 0.2) is 16.4 Å². The van der Waals surface area contributed by atoms with Crippen LogP contribution in [-0.4, -0.2) is 55.9 Å². The molecule has 1 amide bonds. The minimum Gasteiger partial charge on any atom is -0.450 e. The summed E-state index contributed by atoms with van der Waals surface area (Å²) in [5.41, 5.74) is 1.24. The van der Waals surface area contributed by atoms with Gasteiger partial charge in [-0.3, -0.25) is 4.79 Å². The third kappa shape index (κ3) is 3.60. The van der Waals surface area contributed by atoms with Crippen molar-refractivity contribution in [1.29, 1.82) is 0 Å². The number of aryl methyl sites for hydroxylation is 1. The number of para-hydroxylation sites is 1. The molecule has 2 heterocycles. The quantitative estimate of drug-likeness (QED) is 0.737. The number of esters is 1. The number of furan rings is 1. The van der Waals surface area contributed by atoms with Gasteiger partial charge in [0.25, 0.3) is 5.91 Å². The number of amides is 1. The molecule has 0 spiro atoms. The lowest BCUT2D eigenvalue weighted by molar-refractivity contribution is -0.136. The van der Waals surface area contributed by atoms with Gasteiger partial charge in [-0.05, 0) is 26.3 Å². The van der Waals surface area contributed by atoms with Gasteiger partial charge in [0.1, 0.15) is 5.58 Å². The van der Waals surface area contributed by atoms with E-state index in [1.807, 2.05) is 12.1 Å². The fourth-order valence-corrected chi connectivity index (χ4v) is 5.03. The maximum absolute atomic E-state index is 12.4. The first-order valence-electron chi connectivity index (χ1n) is 8.47. The third-order valence-corrected chi connectivity index (χ3v) is 6.42. The molecule has 0 N–H and O–H groups in total. The van der Waals surface area contributed by atoms with Crippen molar-refractivity contribution >= 4 is 32.7 Å². The molecule has 0 saturated carbocycles. The van der Waals surface area contributed by atoms with Gasteiger partial charge in [0, 0.05) is 23.5 Å². The van der Waals surface area contributed by atoms with E-state index >= 15 is 0 Å². The van der Waals surface area contributed by atoms with Crippen molar-refractivity contribution in [3.8, 4) is 0 Å². The highest BCUT2D eigenvalue weighted by atomic mass is 32.2. The molecule has 8 heteroatoms. The van der Waals surface area contributed by atoms with Gasteiger partial charge in [-0.25, -0.2) is 13.2 Å². The van der Waals surface area contributed by atoms with E-state index in [0.717, 1.165) is 5.39 Å². The van der Waals surface area contributed by atoms with Crippen LogP contribution in [0.15, 0.2) is 28.7 Å². The maximum Gasteiger partial charge on any atom is 0.375 e. The van der Waals surface area contributed by atoms with Crippen LogP contribution in [0.25, 0.3) is 11.0 Å². The Morgan fingerprint density at radius 1 is 1.31 bits per heavy atom. The van der Waals surface area contributed by atoms with E-state index < -0.39 is 28.3 Å². The van der Waals surface area contributed by atoms with Crippen molar-refractivity contribution in [2.45, 2.75) is 26.3 Å². The van der Waals surface area contributed by atoms with Crippen LogP contribution in [0.4, 0.5) is 0 Å². The molecule has 1 aromatic carbocycles. The lowest BCUT2D eigenvalue weighted by atomic mass is 10.1. The Labute approximate surface area is 151 Å². The first-order valence-corrected chi connectivity index (χ1v) is 10.3. The highest BCUT2D eigenvalue weighted by molar-refractivity contribution is 7.91. The van der Waals surface area contributed by atoms with Gasteiger partial charge in [-0.2, -0.15) is 0 Å². The second kappa shape index (κ2) is 7.11. The van der Waals surface area contributed by atoms with Gasteiger partial charge in [-0.1, -0.05) is 18.2 Å². The SMILES string of the molecule is CCN(C(=O)COC(=O)c1oc2ccccc2c1C)[C@@H]1CCS(=O)(=O)C1. The van der Waals surface area contributed by atoms with Crippen LogP contribution >= 0.6 is 0 Å². The number of likely N-dealkylation sites (N-methyl/N-ethyl adjacent to an activating group) is 1. The largest absolute Gasteiger partial charge is 0.450 e. The minimum atomic E-state index is -3.10. The Hall–Kier alpha value is -2.35. The Morgan fingerprint density at radius 3 is 2.65 bits per heavy atom. The zero-order valence-corrected chi connectivity index (χ0v) is 15.5. The maximum atomic E-state index is 12.4. The zero-order valence-electron chi connectivity index (χ0n) is 14.7. The van der Waals surface area contributed by atoms with Crippen LogP contribution in [0.5, 0.6) is 0 Å². The average molecular weight is 379 g/mol. The van der Waals surface area contributed by atoms with Crippen molar-refractivity contribution in [1.82, 2.24) is 4.90 Å². The molecule has 1 aliphatic rings. The Balaban J connectivity index is 1.66. The molecule has 3 rings (SSSR count). The fraction of sp³-hybridized carbons (Fsp3) is 0.444. The number of sulfone groups is 1. The van der Waals surface area contributed by atoms with Crippen molar-refractivity contribution in [3.05, 3.63) is 35.6 Å². The molecule has 26 heavy (non-hydrogen) atoms. The summed E-state index contributed by atoms with van der Waals surface area (Å²) >= 11 is 0. The van der Waals surface area contributed by atoms with Gasteiger partial charge in [-0.15, -0.1) is 0 Å². The van der Waals surface area contributed by atoms with Crippen LogP contribution in [-0.2, 0) is 19.4 Å². The summed E-state index contributed by atoms with van der Waals surface area (Å²) in [6.07, 6.45) is 0.415. The molecule has 1 atom stereocenters. The molecule has 0 bridgehead atoms. The van der Waals surface area contributed by atoms with Crippen LogP contribution in [0.2, 0.25) is 0 Å². The molecule has 140 valence electrons.